The highest BCUT2D eigenvalue weighted by Crippen LogP contribution is 2.40. The van der Waals surface area contributed by atoms with Crippen LogP contribution in [0.1, 0.15) is 37.3 Å². The first-order valence-electron chi connectivity index (χ1n) is 7.13. The summed E-state index contributed by atoms with van der Waals surface area (Å²) in [5.41, 5.74) is 2.08. The molecular weight excluding hydrogens is 266 g/mol. The molecule has 1 amide bonds. The number of amides is 1. The van der Waals surface area contributed by atoms with E-state index in [1.165, 1.54) is 0 Å². The van der Waals surface area contributed by atoms with Crippen molar-refractivity contribution in [1.29, 1.82) is 0 Å². The van der Waals surface area contributed by atoms with Crippen LogP contribution >= 0.6 is 0 Å². The van der Waals surface area contributed by atoms with Crippen LogP contribution < -0.4 is 10.1 Å². The summed E-state index contributed by atoms with van der Waals surface area (Å²) in [5.74, 6) is 1.60. The van der Waals surface area contributed by atoms with Gasteiger partial charge in [0.1, 0.15) is 11.6 Å². The molecule has 1 aliphatic heterocycles. The van der Waals surface area contributed by atoms with E-state index in [4.69, 9.17) is 4.74 Å². The number of ether oxygens (including phenoxy) is 1. The van der Waals surface area contributed by atoms with Crippen molar-refractivity contribution in [2.45, 2.75) is 32.3 Å². The molecule has 0 fully saturated rings. The third kappa shape index (κ3) is 2.51. The number of benzene rings is 1. The van der Waals surface area contributed by atoms with Gasteiger partial charge in [-0.3, -0.25) is 9.48 Å². The van der Waals surface area contributed by atoms with Crippen LogP contribution in [0.5, 0.6) is 5.75 Å². The molecule has 3 rings (SSSR count). The second-order valence-corrected chi connectivity index (χ2v) is 5.58. The number of para-hydroxylation sites is 1. The fraction of sp³-hybridized carbons (Fsp3) is 0.375. The Hall–Kier alpha value is -2.30. The van der Waals surface area contributed by atoms with E-state index in [9.17, 15) is 4.79 Å². The Kier molecular flexibility index (Phi) is 3.41. The minimum absolute atomic E-state index is 0.00968. The number of carbonyl (C=O) groups is 1. The number of anilines is 1. The van der Waals surface area contributed by atoms with Gasteiger partial charge in [-0.1, -0.05) is 18.2 Å². The van der Waals surface area contributed by atoms with Gasteiger partial charge in [0, 0.05) is 30.5 Å². The predicted molar refractivity (Wildman–Crippen MR) is 80.5 cm³/mol. The van der Waals surface area contributed by atoms with E-state index in [1.807, 2.05) is 51.4 Å². The smallest absolute Gasteiger partial charge is 0.226 e. The van der Waals surface area contributed by atoms with Gasteiger partial charge in [0.25, 0.3) is 0 Å². The van der Waals surface area contributed by atoms with Crippen molar-refractivity contribution in [2.75, 3.05) is 5.32 Å². The molecule has 0 spiro atoms. The first kappa shape index (κ1) is 13.7. The van der Waals surface area contributed by atoms with Crippen molar-refractivity contribution in [1.82, 2.24) is 9.78 Å². The van der Waals surface area contributed by atoms with Gasteiger partial charge >= 0.3 is 0 Å². The van der Waals surface area contributed by atoms with E-state index in [2.05, 4.69) is 10.4 Å². The number of aromatic nitrogens is 2. The van der Waals surface area contributed by atoms with Gasteiger partial charge in [-0.15, -0.1) is 0 Å². The third-order valence-corrected chi connectivity index (χ3v) is 3.65. The van der Waals surface area contributed by atoms with E-state index in [0.717, 1.165) is 22.7 Å². The molecule has 1 aromatic heterocycles. The summed E-state index contributed by atoms with van der Waals surface area (Å²) >= 11 is 0. The number of fused-ring (bicyclic) bond motifs is 1. The molecule has 0 bridgehead atoms. The van der Waals surface area contributed by atoms with Crippen molar-refractivity contribution in [3.05, 3.63) is 41.6 Å². The first-order chi connectivity index (χ1) is 10.1. The summed E-state index contributed by atoms with van der Waals surface area (Å²) in [4.78, 5) is 12.0. The summed E-state index contributed by atoms with van der Waals surface area (Å²) in [6, 6.07) is 7.91. The summed E-state index contributed by atoms with van der Waals surface area (Å²) < 4.78 is 7.60. The number of hydrogen-bond acceptors (Lipinski definition) is 3. The van der Waals surface area contributed by atoms with Gasteiger partial charge in [-0.2, -0.15) is 5.10 Å². The Balaban J connectivity index is 2.07. The molecule has 1 aliphatic rings. The minimum atomic E-state index is -0.0163. The van der Waals surface area contributed by atoms with E-state index < -0.39 is 0 Å². The van der Waals surface area contributed by atoms with Crippen molar-refractivity contribution in [2.24, 2.45) is 7.05 Å². The Morgan fingerprint density at radius 3 is 2.86 bits per heavy atom. The predicted octanol–water partition coefficient (Wildman–Crippen LogP) is 2.68. The van der Waals surface area contributed by atoms with Crippen LogP contribution in [0, 0.1) is 0 Å². The molecule has 2 heterocycles. The molecule has 1 aromatic carbocycles. The van der Waals surface area contributed by atoms with Crippen LogP contribution in [0.4, 0.5) is 5.82 Å². The van der Waals surface area contributed by atoms with Crippen molar-refractivity contribution < 1.29 is 9.53 Å². The Morgan fingerprint density at radius 2 is 2.10 bits per heavy atom. The average molecular weight is 285 g/mol. The van der Waals surface area contributed by atoms with Gasteiger partial charge in [-0.25, -0.2) is 0 Å². The van der Waals surface area contributed by atoms with Crippen LogP contribution in [0.15, 0.2) is 30.5 Å². The molecule has 2 aromatic rings. The van der Waals surface area contributed by atoms with Gasteiger partial charge < -0.3 is 10.1 Å². The summed E-state index contributed by atoms with van der Waals surface area (Å²) in [6.07, 6.45) is 2.33. The maximum absolute atomic E-state index is 12.0. The van der Waals surface area contributed by atoms with Crippen LogP contribution in [0.25, 0.3) is 0 Å². The van der Waals surface area contributed by atoms with Crippen molar-refractivity contribution in [3.63, 3.8) is 0 Å². The van der Waals surface area contributed by atoms with Crippen LogP contribution in [-0.4, -0.2) is 21.8 Å². The second-order valence-electron chi connectivity index (χ2n) is 5.58. The zero-order valence-corrected chi connectivity index (χ0v) is 12.5. The van der Waals surface area contributed by atoms with Gasteiger partial charge in [0.05, 0.1) is 12.3 Å². The van der Waals surface area contributed by atoms with Gasteiger partial charge in [-0.05, 0) is 19.9 Å². The topological polar surface area (TPSA) is 56.1 Å². The third-order valence-electron chi connectivity index (χ3n) is 3.65. The highest BCUT2D eigenvalue weighted by molar-refractivity contribution is 5.94. The number of carbonyl (C=O) groups excluding carboxylic acids is 1. The SMILES string of the molecule is CC(C)Oc1ccccc1[C@H]1CC(=O)Nc2c1cnn2C. The fourth-order valence-corrected chi connectivity index (χ4v) is 2.75. The highest BCUT2D eigenvalue weighted by atomic mass is 16.5. The molecule has 5 nitrogen and oxygen atoms in total. The summed E-state index contributed by atoms with van der Waals surface area (Å²) in [5, 5.41) is 7.15. The lowest BCUT2D eigenvalue weighted by Gasteiger charge is -2.25. The normalized spacial score (nSPS) is 17.5. The zero-order chi connectivity index (χ0) is 15.0. The number of rotatable bonds is 3. The Morgan fingerprint density at radius 1 is 1.33 bits per heavy atom. The summed E-state index contributed by atoms with van der Waals surface area (Å²) in [6.45, 7) is 4.00. The Labute approximate surface area is 123 Å². The molecule has 0 aliphatic carbocycles. The van der Waals surface area contributed by atoms with E-state index in [1.54, 1.807) is 4.68 Å². The molecule has 5 heteroatoms. The largest absolute Gasteiger partial charge is 0.491 e. The molecule has 0 unspecified atom stereocenters. The van der Waals surface area contributed by atoms with Crippen LogP contribution in [0.2, 0.25) is 0 Å². The lowest BCUT2D eigenvalue weighted by atomic mass is 9.87. The Bertz CT molecular complexity index is 676. The molecule has 0 saturated heterocycles. The number of aryl methyl sites for hydroxylation is 1. The molecule has 21 heavy (non-hydrogen) atoms. The molecule has 0 saturated carbocycles. The van der Waals surface area contributed by atoms with E-state index >= 15 is 0 Å². The van der Waals surface area contributed by atoms with Crippen LogP contribution in [-0.2, 0) is 11.8 Å². The number of nitrogens with zero attached hydrogens (tertiary/aromatic N) is 2. The molecule has 1 N–H and O–H groups in total. The first-order valence-corrected chi connectivity index (χ1v) is 7.13. The van der Waals surface area contributed by atoms with Crippen molar-refractivity contribution >= 4 is 11.7 Å². The van der Waals surface area contributed by atoms with E-state index in [0.29, 0.717) is 6.42 Å². The minimum Gasteiger partial charge on any atom is -0.491 e. The van der Waals surface area contributed by atoms with Gasteiger partial charge in [0.2, 0.25) is 5.91 Å². The van der Waals surface area contributed by atoms with Gasteiger partial charge in [0.15, 0.2) is 0 Å². The second kappa shape index (κ2) is 5.24. The number of hydrogen-bond donors (Lipinski definition) is 1. The van der Waals surface area contributed by atoms with Crippen LogP contribution in [0.3, 0.4) is 0 Å². The fourth-order valence-electron chi connectivity index (χ4n) is 2.75. The molecule has 110 valence electrons. The lowest BCUT2D eigenvalue weighted by molar-refractivity contribution is -0.116. The zero-order valence-electron chi connectivity index (χ0n) is 12.5. The highest BCUT2D eigenvalue weighted by Gasteiger charge is 2.31. The molecular formula is C16H19N3O2. The maximum atomic E-state index is 12.0. The number of nitrogens with one attached hydrogen (secondary N) is 1. The average Bonchev–Trinajstić information content (AvgIpc) is 2.80. The lowest BCUT2D eigenvalue weighted by Crippen LogP contribution is -2.24. The molecule has 1 atom stereocenters. The summed E-state index contributed by atoms with van der Waals surface area (Å²) in [7, 11) is 1.83. The monoisotopic (exact) mass is 285 g/mol. The quantitative estimate of drug-likeness (QED) is 0.943. The van der Waals surface area contributed by atoms with Crippen molar-refractivity contribution in [3.8, 4) is 5.75 Å². The van der Waals surface area contributed by atoms with E-state index in [-0.39, 0.29) is 17.9 Å². The maximum Gasteiger partial charge on any atom is 0.226 e. The molecule has 0 radical (unpaired) electrons. The standard InChI is InChI=1S/C16H19N3O2/c1-10(2)21-14-7-5-4-6-11(14)12-8-15(20)18-16-13(12)9-17-19(16)3/h4-7,9-10,12H,8H2,1-3H3,(H,18,20)/t12-/m1/s1.